The third-order valence-electron chi connectivity index (χ3n) is 5.83. The minimum absolute atomic E-state index is 0.147. The molecule has 1 aromatic heterocycles. The molecule has 174 valence electrons. The van der Waals surface area contributed by atoms with E-state index in [2.05, 4.69) is 6.07 Å². The van der Waals surface area contributed by atoms with Crippen LogP contribution in [0.4, 0.5) is 0 Å². The Morgan fingerprint density at radius 2 is 1.68 bits per heavy atom. The third-order valence-corrected chi connectivity index (χ3v) is 7.40. The number of amides is 1. The molecule has 0 bridgehead atoms. The molecule has 1 aliphatic rings. The number of hydrogen-bond acceptors (Lipinski definition) is 4. The summed E-state index contributed by atoms with van der Waals surface area (Å²) in [5.41, 5.74) is 2.75. The van der Waals surface area contributed by atoms with E-state index in [9.17, 15) is 13.2 Å². The van der Waals surface area contributed by atoms with Gasteiger partial charge in [0, 0.05) is 66.9 Å². The number of carbonyl (C=O) groups is 1. The summed E-state index contributed by atoms with van der Waals surface area (Å²) in [6, 6.07) is 19.3. The largest absolute Gasteiger partial charge is 0.346 e. The number of aromatic nitrogens is 1. The van der Waals surface area contributed by atoms with Gasteiger partial charge in [-0.15, -0.1) is 0 Å². The van der Waals surface area contributed by atoms with E-state index >= 15 is 0 Å². The molecule has 7 nitrogen and oxygen atoms in total. The molecule has 34 heavy (non-hydrogen) atoms. The van der Waals surface area contributed by atoms with Gasteiger partial charge in [0.05, 0.1) is 12.5 Å². The maximum Gasteiger partial charge on any atom is 0.246 e. The zero-order valence-corrected chi connectivity index (χ0v) is 19.6. The molecule has 0 atom stereocenters. The van der Waals surface area contributed by atoms with Gasteiger partial charge >= 0.3 is 0 Å². The summed E-state index contributed by atoms with van der Waals surface area (Å²) in [7, 11) is -3.54. The number of piperazine rings is 1. The molecule has 0 radical (unpaired) electrons. The Morgan fingerprint density at radius 1 is 0.971 bits per heavy atom. The number of sulfonamides is 1. The van der Waals surface area contributed by atoms with Gasteiger partial charge in [-0.05, 0) is 23.8 Å². The lowest BCUT2D eigenvalue weighted by molar-refractivity contribution is -0.127. The predicted molar refractivity (Wildman–Crippen MR) is 134 cm³/mol. The van der Waals surface area contributed by atoms with Crippen LogP contribution in [0.1, 0.15) is 17.5 Å². The highest BCUT2D eigenvalue weighted by Gasteiger charge is 2.26. The number of nitrogens with zero attached hydrogens (tertiary/aromatic N) is 4. The molecular formula is C26H26N4O3S. The van der Waals surface area contributed by atoms with Crippen LogP contribution in [0, 0.1) is 11.3 Å². The zero-order chi connectivity index (χ0) is 24.0. The fourth-order valence-electron chi connectivity index (χ4n) is 4.01. The fraction of sp³-hybridized carbons (Fsp3) is 0.231. The molecule has 0 spiro atoms. The molecule has 2 heterocycles. The van der Waals surface area contributed by atoms with E-state index in [0.717, 1.165) is 22.0 Å². The quantitative estimate of drug-likeness (QED) is 0.489. The van der Waals surface area contributed by atoms with Crippen LogP contribution in [0.25, 0.3) is 23.1 Å². The summed E-state index contributed by atoms with van der Waals surface area (Å²) in [5, 5.41) is 11.1. The van der Waals surface area contributed by atoms with Gasteiger partial charge in [0.25, 0.3) is 0 Å². The Morgan fingerprint density at radius 3 is 2.41 bits per heavy atom. The standard InChI is InChI=1S/C26H26N4O3S/c27-14-6-15-29-21-23(24-9-4-5-10-25(24)29)11-12-26(31)28-16-18-30(19-17-28)34(32,33)20-13-22-7-2-1-3-8-22/h1-5,7-13,20-21H,6,15-19H2. The normalized spacial score (nSPS) is 15.3. The van der Waals surface area contributed by atoms with Gasteiger partial charge in [0.15, 0.2) is 0 Å². The molecule has 0 unspecified atom stereocenters. The lowest BCUT2D eigenvalue weighted by atomic mass is 10.1. The first-order valence-corrected chi connectivity index (χ1v) is 12.6. The number of aryl methyl sites for hydroxylation is 1. The van der Waals surface area contributed by atoms with E-state index in [0.29, 0.717) is 26.1 Å². The van der Waals surface area contributed by atoms with Gasteiger partial charge in [-0.2, -0.15) is 9.57 Å². The monoisotopic (exact) mass is 474 g/mol. The number of hydrogen-bond donors (Lipinski definition) is 0. The predicted octanol–water partition coefficient (Wildman–Crippen LogP) is 3.71. The SMILES string of the molecule is N#CCCn1cc(C=CC(=O)N2CCN(S(=O)(=O)C=Cc3ccccc3)CC2)c2ccccc21. The van der Waals surface area contributed by atoms with Crippen molar-refractivity contribution in [3.05, 3.63) is 83.4 Å². The Kier molecular flexibility index (Phi) is 7.26. The molecule has 4 rings (SSSR count). The van der Waals surface area contributed by atoms with Gasteiger partial charge in [0.2, 0.25) is 15.9 Å². The highest BCUT2D eigenvalue weighted by molar-refractivity contribution is 7.92. The highest BCUT2D eigenvalue weighted by atomic mass is 32.2. The van der Waals surface area contributed by atoms with E-state index in [1.807, 2.05) is 65.4 Å². The summed E-state index contributed by atoms with van der Waals surface area (Å²) in [6.45, 7) is 1.79. The first kappa shape index (κ1) is 23.5. The molecule has 2 aromatic carbocycles. The second-order valence-corrected chi connectivity index (χ2v) is 9.84. The second kappa shape index (κ2) is 10.5. The van der Waals surface area contributed by atoms with Gasteiger partial charge in [0.1, 0.15) is 0 Å². The van der Waals surface area contributed by atoms with Crippen LogP contribution in [0.15, 0.2) is 72.3 Å². The van der Waals surface area contributed by atoms with Crippen molar-refractivity contribution < 1.29 is 13.2 Å². The fourth-order valence-corrected chi connectivity index (χ4v) is 5.18. The maximum absolute atomic E-state index is 12.8. The van der Waals surface area contributed by atoms with Gasteiger partial charge in [-0.1, -0.05) is 48.5 Å². The highest BCUT2D eigenvalue weighted by Crippen LogP contribution is 2.23. The molecular weight excluding hydrogens is 448 g/mol. The van der Waals surface area contributed by atoms with E-state index in [-0.39, 0.29) is 19.0 Å². The van der Waals surface area contributed by atoms with Crippen LogP contribution in [0.2, 0.25) is 0 Å². The Bertz CT molecular complexity index is 1360. The van der Waals surface area contributed by atoms with Crippen LogP contribution in [-0.2, 0) is 21.4 Å². The molecule has 0 N–H and O–H groups in total. The Hall–Kier alpha value is -3.67. The van der Waals surface area contributed by atoms with Crippen LogP contribution in [-0.4, -0.2) is 54.3 Å². The Labute approximate surface area is 199 Å². The number of rotatable bonds is 7. The van der Waals surface area contributed by atoms with Crippen molar-refractivity contribution in [1.82, 2.24) is 13.8 Å². The minimum Gasteiger partial charge on any atom is -0.346 e. The lowest BCUT2D eigenvalue weighted by Gasteiger charge is -2.32. The van der Waals surface area contributed by atoms with Crippen molar-refractivity contribution in [3.63, 3.8) is 0 Å². The number of fused-ring (bicyclic) bond motifs is 1. The van der Waals surface area contributed by atoms with Crippen LogP contribution >= 0.6 is 0 Å². The molecule has 1 aliphatic heterocycles. The lowest BCUT2D eigenvalue weighted by Crippen LogP contribution is -2.49. The van der Waals surface area contributed by atoms with Crippen molar-refractivity contribution >= 4 is 39.0 Å². The third kappa shape index (κ3) is 5.45. The summed E-state index contributed by atoms with van der Waals surface area (Å²) in [6.07, 6.45) is 7.28. The van der Waals surface area contributed by atoms with Crippen LogP contribution < -0.4 is 0 Å². The van der Waals surface area contributed by atoms with Gasteiger partial charge in [-0.3, -0.25) is 4.79 Å². The topological polar surface area (TPSA) is 86.4 Å². The van der Waals surface area contributed by atoms with Crippen molar-refractivity contribution in [2.45, 2.75) is 13.0 Å². The van der Waals surface area contributed by atoms with Crippen molar-refractivity contribution in [2.75, 3.05) is 26.2 Å². The van der Waals surface area contributed by atoms with Crippen molar-refractivity contribution in [2.24, 2.45) is 0 Å². The Balaban J connectivity index is 1.39. The number of para-hydroxylation sites is 1. The summed E-state index contributed by atoms with van der Waals surface area (Å²) < 4.78 is 28.7. The van der Waals surface area contributed by atoms with E-state index in [4.69, 9.17) is 5.26 Å². The zero-order valence-electron chi connectivity index (χ0n) is 18.7. The van der Waals surface area contributed by atoms with Crippen LogP contribution in [0.5, 0.6) is 0 Å². The van der Waals surface area contributed by atoms with Gasteiger partial charge < -0.3 is 9.47 Å². The molecule has 3 aromatic rings. The first-order chi connectivity index (χ1) is 16.5. The van der Waals surface area contributed by atoms with Gasteiger partial charge in [-0.25, -0.2) is 8.42 Å². The molecule has 8 heteroatoms. The van der Waals surface area contributed by atoms with Crippen molar-refractivity contribution in [1.29, 1.82) is 5.26 Å². The first-order valence-electron chi connectivity index (χ1n) is 11.1. The number of carbonyl (C=O) groups excluding carboxylic acids is 1. The second-order valence-electron chi connectivity index (χ2n) is 8.02. The average molecular weight is 475 g/mol. The van der Waals surface area contributed by atoms with E-state index in [1.165, 1.54) is 15.8 Å². The molecule has 1 saturated heterocycles. The molecule has 1 fully saturated rings. The number of nitriles is 1. The molecule has 0 aliphatic carbocycles. The summed E-state index contributed by atoms with van der Waals surface area (Å²) >= 11 is 0. The molecule has 0 saturated carbocycles. The maximum atomic E-state index is 12.8. The van der Waals surface area contributed by atoms with Crippen LogP contribution in [0.3, 0.4) is 0 Å². The number of benzene rings is 2. The minimum atomic E-state index is -3.54. The molecule has 1 amide bonds. The van der Waals surface area contributed by atoms with E-state index < -0.39 is 10.0 Å². The average Bonchev–Trinajstić information content (AvgIpc) is 3.23. The van der Waals surface area contributed by atoms with Crippen molar-refractivity contribution in [3.8, 4) is 6.07 Å². The summed E-state index contributed by atoms with van der Waals surface area (Å²) in [5.74, 6) is -0.147. The van der Waals surface area contributed by atoms with E-state index in [1.54, 1.807) is 17.1 Å². The summed E-state index contributed by atoms with van der Waals surface area (Å²) in [4.78, 5) is 14.4. The smallest absolute Gasteiger partial charge is 0.246 e.